The Morgan fingerprint density at radius 3 is 2.68 bits per heavy atom. The summed E-state index contributed by atoms with van der Waals surface area (Å²) in [4.78, 5) is 4.09. The second-order valence-corrected chi connectivity index (χ2v) is 7.18. The summed E-state index contributed by atoms with van der Waals surface area (Å²) < 4.78 is 9.81. The van der Waals surface area contributed by atoms with Gasteiger partial charge in [0.05, 0.1) is 29.5 Å². The van der Waals surface area contributed by atoms with Crippen molar-refractivity contribution in [2.24, 2.45) is 5.73 Å². The third kappa shape index (κ3) is 2.49. The maximum absolute atomic E-state index is 9.81. The van der Waals surface area contributed by atoms with E-state index < -0.39 is 0 Å². The molecular formula is C21H20N6O. The number of aromatic nitrogens is 4. The van der Waals surface area contributed by atoms with Crippen molar-refractivity contribution >= 4 is 0 Å². The second-order valence-electron chi connectivity index (χ2n) is 7.18. The highest BCUT2D eigenvalue weighted by Crippen LogP contribution is 2.48. The Kier molecular flexibility index (Phi) is 3.72. The summed E-state index contributed by atoms with van der Waals surface area (Å²) in [6, 6.07) is 10.8. The zero-order chi connectivity index (χ0) is 19.3. The van der Waals surface area contributed by atoms with E-state index in [9.17, 15) is 5.26 Å². The molecule has 1 fully saturated rings. The lowest BCUT2D eigenvalue weighted by Gasteiger charge is -2.25. The fourth-order valence-corrected chi connectivity index (χ4v) is 3.85. The van der Waals surface area contributed by atoms with Crippen LogP contribution in [0.1, 0.15) is 48.5 Å². The molecule has 1 aliphatic heterocycles. The van der Waals surface area contributed by atoms with E-state index in [-0.39, 0.29) is 11.8 Å². The molecule has 1 atom stereocenters. The molecule has 7 heteroatoms. The van der Waals surface area contributed by atoms with Crippen LogP contribution in [0.15, 0.2) is 54.4 Å². The van der Waals surface area contributed by atoms with Crippen LogP contribution in [0.25, 0.3) is 5.69 Å². The van der Waals surface area contributed by atoms with Gasteiger partial charge in [-0.1, -0.05) is 19.1 Å². The zero-order valence-corrected chi connectivity index (χ0v) is 15.5. The lowest BCUT2D eigenvalue weighted by molar-refractivity contribution is 0.347. The maximum atomic E-state index is 9.81. The molecule has 7 nitrogen and oxygen atoms in total. The van der Waals surface area contributed by atoms with Gasteiger partial charge in [-0.05, 0) is 37.0 Å². The first-order chi connectivity index (χ1) is 13.7. The molecule has 3 aromatic rings. The van der Waals surface area contributed by atoms with Gasteiger partial charge >= 0.3 is 0 Å². The smallest absolute Gasteiger partial charge is 0.224 e. The molecule has 0 saturated heterocycles. The van der Waals surface area contributed by atoms with E-state index in [0.29, 0.717) is 17.5 Å². The number of nitrogens with zero attached hydrogens (tertiary/aromatic N) is 5. The summed E-state index contributed by atoms with van der Waals surface area (Å²) >= 11 is 0. The number of nitrogens with two attached hydrogens (primary N) is 1. The molecule has 1 saturated carbocycles. The van der Waals surface area contributed by atoms with Gasteiger partial charge in [-0.3, -0.25) is 0 Å². The monoisotopic (exact) mass is 372 g/mol. The molecule has 0 radical (unpaired) electrons. The Morgan fingerprint density at radius 1 is 1.29 bits per heavy atom. The quantitative estimate of drug-likeness (QED) is 0.759. The Morgan fingerprint density at radius 2 is 2.07 bits per heavy atom. The van der Waals surface area contributed by atoms with E-state index in [2.05, 4.69) is 18.0 Å². The number of imidazole rings is 1. The number of nitriles is 1. The molecule has 0 spiro atoms. The molecule has 2 N–H and O–H groups in total. The molecule has 2 aromatic heterocycles. The number of aryl methyl sites for hydroxylation is 1. The molecular weight excluding hydrogens is 352 g/mol. The molecule has 28 heavy (non-hydrogen) atoms. The third-order valence-corrected chi connectivity index (χ3v) is 5.40. The van der Waals surface area contributed by atoms with Crippen molar-refractivity contribution in [3.63, 3.8) is 0 Å². The first kappa shape index (κ1) is 16.6. The van der Waals surface area contributed by atoms with E-state index >= 15 is 0 Å². The third-order valence-electron chi connectivity index (χ3n) is 5.40. The number of hydrogen-bond acceptors (Lipinski definition) is 5. The summed E-state index contributed by atoms with van der Waals surface area (Å²) in [5.74, 6) is 0.593. The van der Waals surface area contributed by atoms with Gasteiger partial charge in [-0.25, -0.2) is 9.67 Å². The van der Waals surface area contributed by atoms with E-state index in [1.165, 1.54) is 0 Å². The largest absolute Gasteiger partial charge is 0.422 e. The van der Waals surface area contributed by atoms with Crippen LogP contribution in [0, 0.1) is 11.3 Å². The van der Waals surface area contributed by atoms with Crippen LogP contribution in [-0.2, 0) is 6.42 Å². The molecule has 2 aliphatic rings. The Balaban J connectivity index is 1.65. The standard InChI is InChI=1S/C21H20N6O/c1-2-17-19-18(13-3-5-14(6-4-13)26-10-9-24-12-26)16(11-22)20(23)28-21(19)27(25-17)15-7-8-15/h3-6,9-10,12,15,18H,2,7-8,23H2,1H3. The van der Waals surface area contributed by atoms with Crippen LogP contribution in [0.3, 0.4) is 0 Å². The minimum atomic E-state index is -0.270. The number of fused-ring (bicyclic) bond motifs is 1. The van der Waals surface area contributed by atoms with E-state index in [1.54, 1.807) is 12.5 Å². The van der Waals surface area contributed by atoms with Gasteiger partial charge < -0.3 is 15.0 Å². The molecule has 1 unspecified atom stereocenters. The SMILES string of the molecule is CCc1nn(C2CC2)c2c1C(c1ccc(-n3ccnc3)cc1)C(C#N)=C(N)O2. The Bertz CT molecular complexity index is 1100. The zero-order valence-electron chi connectivity index (χ0n) is 15.5. The molecule has 1 aliphatic carbocycles. The number of hydrogen-bond donors (Lipinski definition) is 1. The lowest BCUT2D eigenvalue weighted by Crippen LogP contribution is -2.22. The van der Waals surface area contributed by atoms with Crippen molar-refractivity contribution in [1.82, 2.24) is 19.3 Å². The molecule has 1 aromatic carbocycles. The number of benzene rings is 1. The van der Waals surface area contributed by atoms with Crippen molar-refractivity contribution in [3.05, 3.63) is 71.3 Å². The summed E-state index contributed by atoms with van der Waals surface area (Å²) in [7, 11) is 0. The van der Waals surface area contributed by atoms with Gasteiger partial charge in [0, 0.05) is 18.1 Å². The van der Waals surface area contributed by atoms with Crippen molar-refractivity contribution in [1.29, 1.82) is 5.26 Å². The summed E-state index contributed by atoms with van der Waals surface area (Å²) in [6.07, 6.45) is 8.37. The van der Waals surface area contributed by atoms with Crippen LogP contribution < -0.4 is 10.5 Å². The van der Waals surface area contributed by atoms with Gasteiger partial charge in [-0.2, -0.15) is 10.4 Å². The minimum Gasteiger partial charge on any atom is -0.422 e. The lowest BCUT2D eigenvalue weighted by atomic mass is 9.83. The Hall–Kier alpha value is -3.53. The van der Waals surface area contributed by atoms with E-state index in [0.717, 1.165) is 41.8 Å². The normalized spacial score (nSPS) is 18.5. The molecule has 0 bridgehead atoms. The summed E-state index contributed by atoms with van der Waals surface area (Å²) in [6.45, 7) is 2.08. The number of rotatable bonds is 4. The minimum absolute atomic E-state index is 0.170. The summed E-state index contributed by atoms with van der Waals surface area (Å²) in [5, 5.41) is 14.6. The number of allylic oxidation sites excluding steroid dienone is 1. The fraction of sp³-hybridized carbons (Fsp3) is 0.286. The van der Waals surface area contributed by atoms with Crippen LogP contribution in [0.4, 0.5) is 0 Å². The van der Waals surface area contributed by atoms with Crippen molar-refractivity contribution in [2.75, 3.05) is 0 Å². The number of ether oxygens (including phenoxy) is 1. The van der Waals surface area contributed by atoms with Gasteiger partial charge in [0.25, 0.3) is 0 Å². The highest BCUT2D eigenvalue weighted by molar-refractivity contribution is 5.56. The molecule has 0 amide bonds. The van der Waals surface area contributed by atoms with Crippen molar-refractivity contribution in [2.45, 2.75) is 38.1 Å². The first-order valence-electron chi connectivity index (χ1n) is 9.48. The highest BCUT2D eigenvalue weighted by Gasteiger charge is 2.39. The predicted molar refractivity (Wildman–Crippen MR) is 103 cm³/mol. The predicted octanol–water partition coefficient (Wildman–Crippen LogP) is 3.18. The topological polar surface area (TPSA) is 94.7 Å². The van der Waals surface area contributed by atoms with Gasteiger partial charge in [0.15, 0.2) is 0 Å². The van der Waals surface area contributed by atoms with Crippen LogP contribution in [0.5, 0.6) is 5.88 Å². The van der Waals surface area contributed by atoms with Gasteiger partial charge in [0.1, 0.15) is 11.6 Å². The molecule has 140 valence electrons. The fourth-order valence-electron chi connectivity index (χ4n) is 3.85. The second kappa shape index (κ2) is 6.27. The van der Waals surface area contributed by atoms with Crippen molar-refractivity contribution < 1.29 is 4.74 Å². The van der Waals surface area contributed by atoms with E-state index in [1.807, 2.05) is 39.7 Å². The maximum Gasteiger partial charge on any atom is 0.224 e. The summed E-state index contributed by atoms with van der Waals surface area (Å²) in [5.41, 5.74) is 10.5. The average Bonchev–Trinajstić information content (AvgIpc) is 3.28. The van der Waals surface area contributed by atoms with Crippen molar-refractivity contribution in [3.8, 4) is 17.6 Å². The average molecular weight is 372 g/mol. The van der Waals surface area contributed by atoms with Gasteiger partial charge in [0.2, 0.25) is 11.8 Å². The molecule has 5 rings (SSSR count). The van der Waals surface area contributed by atoms with E-state index in [4.69, 9.17) is 15.6 Å². The molecule has 3 heterocycles. The van der Waals surface area contributed by atoms with Crippen LogP contribution >= 0.6 is 0 Å². The Labute approximate surface area is 162 Å². The highest BCUT2D eigenvalue weighted by atomic mass is 16.5. The van der Waals surface area contributed by atoms with Crippen LogP contribution in [0.2, 0.25) is 0 Å². The first-order valence-corrected chi connectivity index (χ1v) is 9.48. The van der Waals surface area contributed by atoms with Crippen LogP contribution in [-0.4, -0.2) is 19.3 Å². The van der Waals surface area contributed by atoms with Gasteiger partial charge in [-0.15, -0.1) is 0 Å².